The van der Waals surface area contributed by atoms with Gasteiger partial charge in [0.25, 0.3) is 0 Å². The van der Waals surface area contributed by atoms with E-state index >= 15 is 0 Å². The lowest BCUT2D eigenvalue weighted by Gasteiger charge is -1.85. The summed E-state index contributed by atoms with van der Waals surface area (Å²) in [5.41, 5.74) is 0. The number of aromatic nitrogens is 3. The molecule has 2 rings (SSSR count). The molecule has 0 unspecified atom stereocenters. The molecule has 6 heteroatoms. The van der Waals surface area contributed by atoms with Gasteiger partial charge in [-0.05, 0) is 0 Å². The normalized spacial score (nSPS) is 10.2. The van der Waals surface area contributed by atoms with Gasteiger partial charge in [-0.2, -0.15) is 0 Å². The maximum atomic E-state index is 10.5. The maximum Gasteiger partial charge on any atom is 0.347 e. The highest BCUT2D eigenvalue weighted by Gasteiger charge is 2.10. The Hall–Kier alpha value is -1.69. The fourth-order valence-electron chi connectivity index (χ4n) is 0.865. The van der Waals surface area contributed by atoms with E-state index in [-0.39, 0.29) is 4.88 Å². The van der Waals surface area contributed by atoms with E-state index in [1.807, 2.05) is 0 Å². The molecule has 0 aliphatic rings. The monoisotopic (exact) mass is 195 g/mol. The average molecular weight is 195 g/mol. The topological polar surface area (TPSA) is 78.9 Å². The van der Waals surface area contributed by atoms with Gasteiger partial charge in [0.1, 0.15) is 4.88 Å². The molecule has 66 valence electrons. The number of nitrogens with one attached hydrogen (secondary N) is 1. The van der Waals surface area contributed by atoms with E-state index in [1.54, 1.807) is 12.4 Å². The minimum atomic E-state index is -0.963. The summed E-state index contributed by atoms with van der Waals surface area (Å²) in [6.07, 6.45) is 4.58. The van der Waals surface area contributed by atoms with E-state index in [0.717, 1.165) is 11.3 Å². The molecule has 0 spiro atoms. The maximum absolute atomic E-state index is 10.5. The number of H-pyrrole nitrogens is 1. The summed E-state index contributed by atoms with van der Waals surface area (Å²) in [5.74, 6) is -0.368. The molecule has 0 aliphatic heterocycles. The largest absolute Gasteiger partial charge is 0.477 e. The summed E-state index contributed by atoms with van der Waals surface area (Å²) >= 11 is 1.09. The molecule has 0 saturated carbocycles. The van der Waals surface area contributed by atoms with Crippen molar-refractivity contribution in [1.29, 1.82) is 0 Å². The minimum Gasteiger partial charge on any atom is -0.477 e. The fourth-order valence-corrected chi connectivity index (χ4v) is 1.58. The first-order chi connectivity index (χ1) is 6.27. The van der Waals surface area contributed by atoms with Gasteiger partial charge in [-0.3, -0.25) is 0 Å². The molecular weight excluding hydrogens is 190 g/mol. The smallest absolute Gasteiger partial charge is 0.347 e. The van der Waals surface area contributed by atoms with Crippen molar-refractivity contribution in [2.75, 3.05) is 0 Å². The van der Waals surface area contributed by atoms with Crippen molar-refractivity contribution < 1.29 is 9.90 Å². The van der Waals surface area contributed by atoms with Gasteiger partial charge in [0.2, 0.25) is 0 Å². The molecule has 2 heterocycles. The summed E-state index contributed by atoms with van der Waals surface area (Å²) in [6, 6.07) is 0. The van der Waals surface area contributed by atoms with Gasteiger partial charge in [0.15, 0.2) is 10.8 Å². The number of carboxylic acids is 1. The molecule has 0 amide bonds. The standard InChI is InChI=1S/C7H5N3O2S/c11-7(12)4-3-10-6(13-4)5-8-1-2-9-5/h1-3H,(H,8,9)(H,11,12). The lowest BCUT2D eigenvalue weighted by Crippen LogP contribution is -1.89. The van der Waals surface area contributed by atoms with Crippen molar-refractivity contribution in [3.8, 4) is 10.8 Å². The second kappa shape index (κ2) is 2.98. The average Bonchev–Trinajstić information content (AvgIpc) is 2.75. The van der Waals surface area contributed by atoms with Crippen LogP contribution in [0, 0.1) is 0 Å². The number of nitrogens with zero attached hydrogens (tertiary/aromatic N) is 2. The predicted octanol–water partition coefficient (Wildman–Crippen LogP) is 1.23. The van der Waals surface area contributed by atoms with Crippen LogP contribution in [0.5, 0.6) is 0 Å². The van der Waals surface area contributed by atoms with Crippen LogP contribution in [0.25, 0.3) is 10.8 Å². The molecule has 0 bridgehead atoms. The molecule has 13 heavy (non-hydrogen) atoms. The lowest BCUT2D eigenvalue weighted by molar-refractivity contribution is 0.0702. The number of carbonyl (C=O) groups is 1. The van der Waals surface area contributed by atoms with E-state index in [2.05, 4.69) is 15.0 Å². The van der Waals surface area contributed by atoms with E-state index in [9.17, 15) is 4.79 Å². The molecule has 2 aromatic rings. The Morgan fingerprint density at radius 2 is 2.38 bits per heavy atom. The molecule has 5 nitrogen and oxygen atoms in total. The van der Waals surface area contributed by atoms with Crippen molar-refractivity contribution in [2.24, 2.45) is 0 Å². The molecule has 2 aromatic heterocycles. The van der Waals surface area contributed by atoms with Crippen LogP contribution in [0.15, 0.2) is 18.6 Å². The van der Waals surface area contributed by atoms with Crippen LogP contribution >= 0.6 is 11.3 Å². The zero-order valence-corrected chi connectivity index (χ0v) is 7.21. The van der Waals surface area contributed by atoms with E-state index in [1.165, 1.54) is 6.20 Å². The van der Waals surface area contributed by atoms with Gasteiger partial charge in [-0.1, -0.05) is 0 Å². The number of carboxylic acid groups (broad SMARTS) is 1. The number of hydrogen-bond acceptors (Lipinski definition) is 4. The highest BCUT2D eigenvalue weighted by molar-refractivity contribution is 7.16. The Balaban J connectivity index is 2.39. The van der Waals surface area contributed by atoms with Crippen LogP contribution in [-0.4, -0.2) is 26.0 Å². The molecule has 0 aliphatic carbocycles. The molecular formula is C7H5N3O2S. The van der Waals surface area contributed by atoms with Gasteiger partial charge in [0.05, 0.1) is 6.20 Å². The second-order valence-corrected chi connectivity index (χ2v) is 3.30. The van der Waals surface area contributed by atoms with Gasteiger partial charge in [-0.15, -0.1) is 11.3 Å². The van der Waals surface area contributed by atoms with Crippen molar-refractivity contribution in [2.45, 2.75) is 0 Å². The first-order valence-electron chi connectivity index (χ1n) is 3.46. The number of hydrogen-bond donors (Lipinski definition) is 2. The van der Waals surface area contributed by atoms with Crippen LogP contribution in [0.3, 0.4) is 0 Å². The first-order valence-corrected chi connectivity index (χ1v) is 4.28. The number of aromatic amines is 1. The van der Waals surface area contributed by atoms with E-state index in [0.29, 0.717) is 10.8 Å². The Morgan fingerprint density at radius 3 is 2.92 bits per heavy atom. The van der Waals surface area contributed by atoms with Gasteiger partial charge >= 0.3 is 5.97 Å². The van der Waals surface area contributed by atoms with E-state index < -0.39 is 5.97 Å². The van der Waals surface area contributed by atoms with Gasteiger partial charge in [-0.25, -0.2) is 14.8 Å². The Kier molecular flexibility index (Phi) is 1.82. The summed E-state index contributed by atoms with van der Waals surface area (Å²) in [4.78, 5) is 21.5. The zero-order valence-electron chi connectivity index (χ0n) is 6.39. The van der Waals surface area contributed by atoms with Crippen LogP contribution in [-0.2, 0) is 0 Å². The quantitative estimate of drug-likeness (QED) is 0.755. The number of imidazole rings is 1. The number of aromatic carboxylic acids is 1. The van der Waals surface area contributed by atoms with Gasteiger partial charge in [0, 0.05) is 12.4 Å². The molecule has 0 radical (unpaired) electrons. The van der Waals surface area contributed by atoms with Crippen molar-refractivity contribution >= 4 is 17.3 Å². The van der Waals surface area contributed by atoms with Crippen LogP contribution in [0.2, 0.25) is 0 Å². The summed E-state index contributed by atoms with van der Waals surface area (Å²) in [6.45, 7) is 0. The SMILES string of the molecule is O=C(O)c1cnc(-c2ncc[nH]2)s1. The van der Waals surface area contributed by atoms with Crippen molar-refractivity contribution in [3.05, 3.63) is 23.5 Å². The molecule has 0 aromatic carbocycles. The number of rotatable bonds is 2. The fraction of sp³-hybridized carbons (Fsp3) is 0. The first kappa shape index (κ1) is 7.93. The summed E-state index contributed by atoms with van der Waals surface area (Å²) in [5, 5.41) is 9.22. The van der Waals surface area contributed by atoms with Crippen molar-refractivity contribution in [1.82, 2.24) is 15.0 Å². The second-order valence-electron chi connectivity index (χ2n) is 2.27. The number of thiazole rings is 1. The summed E-state index contributed by atoms with van der Waals surface area (Å²) < 4.78 is 0. The molecule has 0 atom stereocenters. The summed E-state index contributed by atoms with van der Waals surface area (Å²) in [7, 11) is 0. The van der Waals surface area contributed by atoms with Crippen LogP contribution in [0.4, 0.5) is 0 Å². The molecule has 2 N–H and O–H groups in total. The minimum absolute atomic E-state index is 0.214. The van der Waals surface area contributed by atoms with E-state index in [4.69, 9.17) is 5.11 Å². The van der Waals surface area contributed by atoms with Crippen LogP contribution in [0.1, 0.15) is 9.67 Å². The highest BCUT2D eigenvalue weighted by Crippen LogP contribution is 2.21. The Bertz CT molecular complexity index is 421. The van der Waals surface area contributed by atoms with Gasteiger partial charge < -0.3 is 10.1 Å². The third kappa shape index (κ3) is 1.43. The Morgan fingerprint density at radius 1 is 1.54 bits per heavy atom. The predicted molar refractivity (Wildman–Crippen MR) is 46.7 cm³/mol. The third-order valence-electron chi connectivity index (χ3n) is 1.42. The molecule has 0 saturated heterocycles. The highest BCUT2D eigenvalue weighted by atomic mass is 32.1. The van der Waals surface area contributed by atoms with Crippen LogP contribution < -0.4 is 0 Å². The van der Waals surface area contributed by atoms with Crippen molar-refractivity contribution in [3.63, 3.8) is 0 Å². The lowest BCUT2D eigenvalue weighted by atomic mass is 10.6. The Labute approximate surface area is 77.1 Å². The molecule has 0 fully saturated rings. The third-order valence-corrected chi connectivity index (χ3v) is 2.41. The zero-order chi connectivity index (χ0) is 9.26.